The molecule has 0 spiro atoms. The van der Waals surface area contributed by atoms with Crippen LogP contribution in [0.15, 0.2) is 67.0 Å². The molecule has 0 aliphatic heterocycles. The molecule has 2 aromatic carbocycles. The SMILES string of the molecule is CCN(CC)Cc1ccccc1CNC(=O)c1cnc(-c2ccccc2)nc1. The van der Waals surface area contributed by atoms with Crippen molar-refractivity contribution in [1.29, 1.82) is 0 Å². The van der Waals surface area contributed by atoms with Crippen LogP contribution in [-0.4, -0.2) is 33.9 Å². The Labute approximate surface area is 166 Å². The van der Waals surface area contributed by atoms with Crippen molar-refractivity contribution in [3.05, 3.63) is 83.7 Å². The maximum atomic E-state index is 12.5. The average molecular weight is 374 g/mol. The van der Waals surface area contributed by atoms with E-state index in [1.165, 1.54) is 5.56 Å². The first kappa shape index (κ1) is 19.7. The Kier molecular flexibility index (Phi) is 6.87. The number of nitrogens with zero attached hydrogens (tertiary/aromatic N) is 3. The maximum absolute atomic E-state index is 12.5. The van der Waals surface area contributed by atoms with Crippen LogP contribution in [-0.2, 0) is 13.1 Å². The van der Waals surface area contributed by atoms with Gasteiger partial charge in [0.1, 0.15) is 0 Å². The van der Waals surface area contributed by atoms with Gasteiger partial charge in [0.2, 0.25) is 0 Å². The highest BCUT2D eigenvalue weighted by atomic mass is 16.1. The molecule has 1 aromatic heterocycles. The molecule has 1 heterocycles. The van der Waals surface area contributed by atoms with E-state index in [0.29, 0.717) is 17.9 Å². The third-order valence-electron chi connectivity index (χ3n) is 4.79. The first-order chi connectivity index (χ1) is 13.7. The predicted molar refractivity (Wildman–Crippen MR) is 112 cm³/mol. The zero-order chi connectivity index (χ0) is 19.8. The highest BCUT2D eigenvalue weighted by Crippen LogP contribution is 2.14. The summed E-state index contributed by atoms with van der Waals surface area (Å²) in [7, 11) is 0. The van der Waals surface area contributed by atoms with Crippen LogP contribution in [0.1, 0.15) is 35.3 Å². The van der Waals surface area contributed by atoms with E-state index in [0.717, 1.165) is 30.8 Å². The van der Waals surface area contributed by atoms with Gasteiger partial charge in [-0.25, -0.2) is 9.97 Å². The monoisotopic (exact) mass is 374 g/mol. The van der Waals surface area contributed by atoms with Gasteiger partial charge in [0.05, 0.1) is 5.56 Å². The van der Waals surface area contributed by atoms with Gasteiger partial charge in [0.25, 0.3) is 5.91 Å². The second kappa shape index (κ2) is 9.76. The van der Waals surface area contributed by atoms with Crippen molar-refractivity contribution in [1.82, 2.24) is 20.2 Å². The van der Waals surface area contributed by atoms with Crippen molar-refractivity contribution >= 4 is 5.91 Å². The minimum Gasteiger partial charge on any atom is -0.348 e. The summed E-state index contributed by atoms with van der Waals surface area (Å²) < 4.78 is 0. The van der Waals surface area contributed by atoms with Crippen molar-refractivity contribution in [2.45, 2.75) is 26.9 Å². The van der Waals surface area contributed by atoms with Gasteiger partial charge in [-0.2, -0.15) is 0 Å². The minimum absolute atomic E-state index is 0.169. The molecule has 5 nitrogen and oxygen atoms in total. The Bertz CT molecular complexity index is 890. The summed E-state index contributed by atoms with van der Waals surface area (Å²) in [6.07, 6.45) is 3.15. The number of carbonyl (C=O) groups excluding carboxylic acids is 1. The summed E-state index contributed by atoms with van der Waals surface area (Å²) >= 11 is 0. The minimum atomic E-state index is -0.169. The number of benzene rings is 2. The third-order valence-corrected chi connectivity index (χ3v) is 4.79. The second-order valence-corrected chi connectivity index (χ2v) is 6.57. The Morgan fingerprint density at radius 1 is 0.893 bits per heavy atom. The van der Waals surface area contributed by atoms with Gasteiger partial charge in [0, 0.05) is 31.0 Å². The van der Waals surface area contributed by atoms with Crippen LogP contribution in [0, 0.1) is 0 Å². The molecule has 0 atom stereocenters. The van der Waals surface area contributed by atoms with Crippen LogP contribution < -0.4 is 5.32 Å². The molecule has 1 N–H and O–H groups in total. The summed E-state index contributed by atoms with van der Waals surface area (Å²) in [6.45, 7) is 7.69. The highest BCUT2D eigenvalue weighted by Gasteiger charge is 2.10. The lowest BCUT2D eigenvalue weighted by molar-refractivity contribution is 0.0950. The molecule has 1 amide bonds. The fourth-order valence-electron chi connectivity index (χ4n) is 3.03. The summed E-state index contributed by atoms with van der Waals surface area (Å²) in [5.74, 6) is 0.443. The maximum Gasteiger partial charge on any atom is 0.254 e. The van der Waals surface area contributed by atoms with Crippen LogP contribution in [0.4, 0.5) is 0 Å². The largest absolute Gasteiger partial charge is 0.348 e. The number of rotatable bonds is 8. The Morgan fingerprint density at radius 2 is 1.50 bits per heavy atom. The first-order valence-electron chi connectivity index (χ1n) is 9.66. The van der Waals surface area contributed by atoms with Gasteiger partial charge < -0.3 is 5.32 Å². The van der Waals surface area contributed by atoms with Gasteiger partial charge in [-0.1, -0.05) is 68.4 Å². The first-order valence-corrected chi connectivity index (χ1v) is 9.66. The summed E-state index contributed by atoms with van der Waals surface area (Å²) in [6, 6.07) is 18.0. The lowest BCUT2D eigenvalue weighted by Crippen LogP contribution is -2.26. The van der Waals surface area contributed by atoms with E-state index in [9.17, 15) is 4.79 Å². The van der Waals surface area contributed by atoms with Crippen LogP contribution in [0.25, 0.3) is 11.4 Å². The van der Waals surface area contributed by atoms with Crippen LogP contribution in [0.3, 0.4) is 0 Å². The number of carbonyl (C=O) groups is 1. The van der Waals surface area contributed by atoms with E-state index in [1.807, 2.05) is 42.5 Å². The number of hydrogen-bond acceptors (Lipinski definition) is 4. The lowest BCUT2D eigenvalue weighted by Gasteiger charge is -2.20. The van der Waals surface area contributed by atoms with Crippen LogP contribution >= 0.6 is 0 Å². The van der Waals surface area contributed by atoms with E-state index in [2.05, 4.69) is 46.2 Å². The smallest absolute Gasteiger partial charge is 0.254 e. The van der Waals surface area contributed by atoms with Gasteiger partial charge in [0.15, 0.2) is 5.82 Å². The summed E-state index contributed by atoms with van der Waals surface area (Å²) in [5, 5.41) is 2.99. The summed E-state index contributed by atoms with van der Waals surface area (Å²) in [5.41, 5.74) is 3.76. The van der Waals surface area contributed by atoms with E-state index in [4.69, 9.17) is 0 Å². The van der Waals surface area contributed by atoms with Crippen molar-refractivity contribution in [2.75, 3.05) is 13.1 Å². The number of nitrogens with one attached hydrogen (secondary N) is 1. The zero-order valence-corrected chi connectivity index (χ0v) is 16.4. The molecular weight excluding hydrogens is 348 g/mol. The Morgan fingerprint density at radius 3 is 2.14 bits per heavy atom. The molecule has 0 saturated heterocycles. The molecule has 5 heteroatoms. The average Bonchev–Trinajstić information content (AvgIpc) is 2.77. The molecule has 28 heavy (non-hydrogen) atoms. The Hall–Kier alpha value is -3.05. The topological polar surface area (TPSA) is 58.1 Å². The molecule has 144 valence electrons. The molecule has 0 unspecified atom stereocenters. The lowest BCUT2D eigenvalue weighted by atomic mass is 10.1. The highest BCUT2D eigenvalue weighted by molar-refractivity contribution is 5.93. The van der Waals surface area contributed by atoms with E-state index < -0.39 is 0 Å². The molecule has 3 rings (SSSR count). The van der Waals surface area contributed by atoms with Crippen molar-refractivity contribution in [2.24, 2.45) is 0 Å². The molecule has 0 aliphatic carbocycles. The third kappa shape index (κ3) is 5.02. The van der Waals surface area contributed by atoms with E-state index in [-0.39, 0.29) is 5.91 Å². The molecular formula is C23H26N4O. The predicted octanol–water partition coefficient (Wildman–Crippen LogP) is 3.92. The second-order valence-electron chi connectivity index (χ2n) is 6.57. The molecule has 0 fully saturated rings. The fourth-order valence-corrected chi connectivity index (χ4v) is 3.03. The fraction of sp³-hybridized carbons (Fsp3) is 0.261. The van der Waals surface area contributed by atoms with Gasteiger partial charge in [-0.05, 0) is 24.2 Å². The van der Waals surface area contributed by atoms with Crippen LogP contribution in [0.5, 0.6) is 0 Å². The van der Waals surface area contributed by atoms with Gasteiger partial charge in [-0.3, -0.25) is 9.69 Å². The molecule has 3 aromatic rings. The van der Waals surface area contributed by atoms with Crippen molar-refractivity contribution < 1.29 is 4.79 Å². The Balaban J connectivity index is 1.64. The van der Waals surface area contributed by atoms with Crippen molar-refractivity contribution in [3.63, 3.8) is 0 Å². The van der Waals surface area contributed by atoms with Gasteiger partial charge in [-0.15, -0.1) is 0 Å². The number of aromatic nitrogens is 2. The molecule has 0 bridgehead atoms. The summed E-state index contributed by atoms with van der Waals surface area (Å²) in [4.78, 5) is 23.5. The van der Waals surface area contributed by atoms with Gasteiger partial charge >= 0.3 is 0 Å². The molecule has 0 saturated carbocycles. The number of hydrogen-bond donors (Lipinski definition) is 1. The molecule has 0 aliphatic rings. The van der Waals surface area contributed by atoms with Crippen LogP contribution in [0.2, 0.25) is 0 Å². The van der Waals surface area contributed by atoms with E-state index >= 15 is 0 Å². The van der Waals surface area contributed by atoms with E-state index in [1.54, 1.807) is 12.4 Å². The normalized spacial score (nSPS) is 10.8. The van der Waals surface area contributed by atoms with Crippen molar-refractivity contribution in [3.8, 4) is 11.4 Å². The zero-order valence-electron chi connectivity index (χ0n) is 16.4. The number of amides is 1. The quantitative estimate of drug-likeness (QED) is 0.649. The standard InChI is InChI=1S/C23H26N4O/c1-3-27(4-2)17-20-13-9-8-12-19(20)14-26-23(28)21-15-24-22(25-16-21)18-10-6-5-7-11-18/h5-13,15-16H,3-4,14,17H2,1-2H3,(H,26,28). The molecule has 0 radical (unpaired) electrons.